The second-order valence-corrected chi connectivity index (χ2v) is 3.44. The molecule has 2 N–H and O–H groups in total. The zero-order valence-corrected chi connectivity index (χ0v) is 9.31. The van der Waals surface area contributed by atoms with Crippen molar-refractivity contribution in [3.05, 3.63) is 17.2 Å². The number of ether oxygens (including phenoxy) is 1. The molecule has 0 atom stereocenters. The lowest BCUT2D eigenvalue weighted by Gasteiger charge is -2.08. The van der Waals surface area contributed by atoms with Crippen LogP contribution < -0.4 is 5.32 Å². The normalized spacial score (nSPS) is 11.4. The fourth-order valence-electron chi connectivity index (χ4n) is 1.06. The highest BCUT2D eigenvalue weighted by molar-refractivity contribution is 5.67. The van der Waals surface area contributed by atoms with E-state index >= 15 is 0 Å². The third-order valence-corrected chi connectivity index (χ3v) is 1.94. The fourth-order valence-corrected chi connectivity index (χ4v) is 1.06. The van der Waals surface area contributed by atoms with E-state index in [1.54, 1.807) is 13.8 Å². The molecular formula is C9H12F3N3O2. The number of hydrogen-bond acceptors (Lipinski definition) is 3. The predicted octanol–water partition coefficient (Wildman–Crippen LogP) is 1.82. The Kier molecular flexibility index (Phi) is 3.97. The summed E-state index contributed by atoms with van der Waals surface area (Å²) in [6.07, 6.45) is -5.65. The number of amides is 1. The van der Waals surface area contributed by atoms with Gasteiger partial charge in [-0.1, -0.05) is 0 Å². The molecule has 0 aromatic carbocycles. The molecule has 0 unspecified atom stereocenters. The van der Waals surface area contributed by atoms with Crippen LogP contribution >= 0.6 is 0 Å². The van der Waals surface area contributed by atoms with Crippen LogP contribution in [0.15, 0.2) is 0 Å². The van der Waals surface area contributed by atoms with E-state index in [0.29, 0.717) is 5.82 Å². The van der Waals surface area contributed by atoms with Crippen molar-refractivity contribution in [3.8, 4) is 0 Å². The summed E-state index contributed by atoms with van der Waals surface area (Å²) in [5.41, 5.74) is 1.61. The maximum Gasteiger partial charge on any atom is 0.422 e. The van der Waals surface area contributed by atoms with Crippen LogP contribution in [-0.2, 0) is 11.3 Å². The Morgan fingerprint density at radius 2 is 2.12 bits per heavy atom. The zero-order chi connectivity index (χ0) is 13.1. The molecular weight excluding hydrogens is 239 g/mol. The number of aromatic nitrogens is 2. The van der Waals surface area contributed by atoms with Crippen LogP contribution in [0.4, 0.5) is 18.0 Å². The van der Waals surface area contributed by atoms with E-state index in [4.69, 9.17) is 0 Å². The number of imidazole rings is 1. The number of H-pyrrole nitrogens is 1. The summed E-state index contributed by atoms with van der Waals surface area (Å²) in [6.45, 7) is 1.96. The lowest BCUT2D eigenvalue weighted by molar-refractivity contribution is -0.160. The van der Waals surface area contributed by atoms with Crippen LogP contribution in [0.5, 0.6) is 0 Å². The van der Waals surface area contributed by atoms with Gasteiger partial charge >= 0.3 is 12.3 Å². The van der Waals surface area contributed by atoms with E-state index in [2.05, 4.69) is 20.0 Å². The molecule has 0 saturated heterocycles. The minimum absolute atomic E-state index is 0.00856. The molecule has 0 aliphatic rings. The van der Waals surface area contributed by atoms with E-state index in [-0.39, 0.29) is 6.54 Å². The van der Waals surface area contributed by atoms with Crippen molar-refractivity contribution in [2.24, 2.45) is 0 Å². The van der Waals surface area contributed by atoms with Crippen molar-refractivity contribution >= 4 is 6.09 Å². The van der Waals surface area contributed by atoms with Gasteiger partial charge in [0.05, 0.1) is 12.2 Å². The van der Waals surface area contributed by atoms with Gasteiger partial charge in [0.15, 0.2) is 6.61 Å². The highest BCUT2D eigenvalue weighted by Crippen LogP contribution is 2.14. The molecule has 1 amide bonds. The molecule has 17 heavy (non-hydrogen) atoms. The molecule has 5 nitrogen and oxygen atoms in total. The summed E-state index contributed by atoms with van der Waals surface area (Å²) in [7, 11) is 0. The summed E-state index contributed by atoms with van der Waals surface area (Å²) in [5, 5.41) is 2.16. The van der Waals surface area contributed by atoms with Crippen molar-refractivity contribution in [2.45, 2.75) is 26.6 Å². The number of alkyl halides is 3. The van der Waals surface area contributed by atoms with E-state index < -0.39 is 18.9 Å². The van der Waals surface area contributed by atoms with Crippen molar-refractivity contribution in [3.63, 3.8) is 0 Å². The first-order valence-electron chi connectivity index (χ1n) is 4.77. The van der Waals surface area contributed by atoms with Crippen LogP contribution in [0, 0.1) is 13.8 Å². The minimum atomic E-state index is -4.52. The number of halogens is 3. The number of alkyl carbamates (subject to hydrolysis) is 1. The van der Waals surface area contributed by atoms with Gasteiger partial charge in [-0.05, 0) is 13.8 Å². The highest BCUT2D eigenvalue weighted by Gasteiger charge is 2.29. The Bertz CT molecular complexity index is 381. The average molecular weight is 251 g/mol. The molecule has 0 radical (unpaired) electrons. The van der Waals surface area contributed by atoms with Crippen molar-refractivity contribution in [2.75, 3.05) is 6.61 Å². The number of aromatic amines is 1. The number of carbonyl (C=O) groups is 1. The number of carbonyl (C=O) groups excluding carboxylic acids is 1. The maximum absolute atomic E-state index is 11.7. The number of rotatable bonds is 3. The standard InChI is InChI=1S/C9H12F3N3O2/c1-5-6(2)15-7(14-5)3-13-8(16)17-4-9(10,11)12/h3-4H2,1-2H3,(H,13,16)(H,14,15). The Morgan fingerprint density at radius 3 is 2.59 bits per heavy atom. The molecule has 8 heteroatoms. The molecule has 1 rings (SSSR count). The summed E-state index contributed by atoms with van der Waals surface area (Å²) >= 11 is 0. The molecule has 0 fully saturated rings. The Hall–Kier alpha value is -1.73. The smallest absolute Gasteiger partial charge is 0.422 e. The van der Waals surface area contributed by atoms with Crippen molar-refractivity contribution in [1.82, 2.24) is 15.3 Å². The van der Waals surface area contributed by atoms with Crippen LogP contribution in [0.1, 0.15) is 17.2 Å². The summed E-state index contributed by atoms with van der Waals surface area (Å²) in [6, 6.07) is 0. The number of hydrogen-bond donors (Lipinski definition) is 2. The Labute approximate surface area is 95.4 Å². The highest BCUT2D eigenvalue weighted by atomic mass is 19.4. The number of nitrogens with zero attached hydrogens (tertiary/aromatic N) is 1. The van der Waals surface area contributed by atoms with Gasteiger partial charge in [0, 0.05) is 5.69 Å². The molecule has 0 aliphatic carbocycles. The zero-order valence-electron chi connectivity index (χ0n) is 9.31. The van der Waals surface area contributed by atoms with Gasteiger partial charge in [-0.25, -0.2) is 9.78 Å². The summed E-state index contributed by atoms with van der Waals surface area (Å²) in [4.78, 5) is 17.8. The van der Waals surface area contributed by atoms with Gasteiger partial charge in [0.1, 0.15) is 5.82 Å². The lowest BCUT2D eigenvalue weighted by atomic mass is 10.4. The van der Waals surface area contributed by atoms with E-state index in [0.717, 1.165) is 11.4 Å². The first-order valence-corrected chi connectivity index (χ1v) is 4.77. The Morgan fingerprint density at radius 1 is 1.47 bits per heavy atom. The van der Waals surface area contributed by atoms with E-state index in [9.17, 15) is 18.0 Å². The van der Waals surface area contributed by atoms with E-state index in [1.165, 1.54) is 0 Å². The van der Waals surface area contributed by atoms with Gasteiger partial charge in [-0.3, -0.25) is 0 Å². The van der Waals surface area contributed by atoms with Crippen LogP contribution in [0.2, 0.25) is 0 Å². The second-order valence-electron chi connectivity index (χ2n) is 3.44. The SMILES string of the molecule is Cc1nc(CNC(=O)OCC(F)(F)F)[nH]c1C. The molecule has 96 valence electrons. The average Bonchev–Trinajstić information content (AvgIpc) is 2.51. The second kappa shape index (κ2) is 5.07. The predicted molar refractivity (Wildman–Crippen MR) is 52.3 cm³/mol. The molecule has 0 saturated carbocycles. The lowest BCUT2D eigenvalue weighted by Crippen LogP contribution is -2.28. The number of nitrogens with one attached hydrogen (secondary N) is 2. The van der Waals surface area contributed by atoms with Crippen molar-refractivity contribution in [1.29, 1.82) is 0 Å². The molecule has 1 aromatic heterocycles. The summed E-state index contributed by atoms with van der Waals surface area (Å²) in [5.74, 6) is 0.462. The van der Waals surface area contributed by atoms with Gasteiger partial charge in [0.25, 0.3) is 0 Å². The molecule has 1 aromatic rings. The van der Waals surface area contributed by atoms with Gasteiger partial charge in [-0.15, -0.1) is 0 Å². The maximum atomic E-state index is 11.7. The van der Waals surface area contributed by atoms with E-state index in [1.807, 2.05) is 0 Å². The molecule has 0 aliphatic heterocycles. The van der Waals surface area contributed by atoms with Gasteiger partial charge in [-0.2, -0.15) is 13.2 Å². The largest absolute Gasteiger partial charge is 0.440 e. The quantitative estimate of drug-likeness (QED) is 0.861. The van der Waals surface area contributed by atoms with Crippen LogP contribution in [-0.4, -0.2) is 28.8 Å². The minimum Gasteiger partial charge on any atom is -0.440 e. The van der Waals surface area contributed by atoms with Crippen molar-refractivity contribution < 1.29 is 22.7 Å². The number of aryl methyl sites for hydroxylation is 2. The fraction of sp³-hybridized carbons (Fsp3) is 0.556. The third-order valence-electron chi connectivity index (χ3n) is 1.94. The monoisotopic (exact) mass is 251 g/mol. The Balaban J connectivity index is 2.33. The topological polar surface area (TPSA) is 67.0 Å². The third kappa shape index (κ3) is 4.75. The van der Waals surface area contributed by atoms with Crippen LogP contribution in [0.3, 0.4) is 0 Å². The van der Waals surface area contributed by atoms with Gasteiger partial charge < -0.3 is 15.0 Å². The summed E-state index contributed by atoms with van der Waals surface area (Å²) < 4.78 is 39.1. The molecule has 0 spiro atoms. The molecule has 0 bridgehead atoms. The van der Waals surface area contributed by atoms with Crippen LogP contribution in [0.25, 0.3) is 0 Å². The molecule has 1 heterocycles. The first kappa shape index (κ1) is 13.3. The van der Waals surface area contributed by atoms with Gasteiger partial charge in [0.2, 0.25) is 0 Å². The first-order chi connectivity index (χ1) is 7.78.